The quantitative estimate of drug-likeness (QED) is 0.164. The molecular formula is C22H14N2O9. The predicted octanol–water partition coefficient (Wildman–Crippen LogP) is 3.76. The number of non-ortho nitro benzene ring substituents is 2. The number of ketones is 1. The number of hydrogen-bond donors (Lipinski definition) is 0. The van der Waals surface area contributed by atoms with Crippen LogP contribution in [0.2, 0.25) is 0 Å². The van der Waals surface area contributed by atoms with Crippen molar-refractivity contribution in [1.82, 2.24) is 0 Å². The molecular weight excluding hydrogens is 436 g/mol. The van der Waals surface area contributed by atoms with Gasteiger partial charge < -0.3 is 9.47 Å². The monoisotopic (exact) mass is 450 g/mol. The van der Waals surface area contributed by atoms with Crippen molar-refractivity contribution in [2.45, 2.75) is 0 Å². The molecule has 0 N–H and O–H groups in total. The zero-order valence-electron chi connectivity index (χ0n) is 16.7. The Labute approximate surface area is 185 Å². The highest BCUT2D eigenvalue weighted by atomic mass is 16.6. The van der Waals surface area contributed by atoms with Crippen LogP contribution in [0, 0.1) is 20.2 Å². The van der Waals surface area contributed by atoms with Gasteiger partial charge in [-0.15, -0.1) is 0 Å². The first-order valence-electron chi connectivity index (χ1n) is 9.26. The number of carbonyl (C=O) groups excluding carboxylic acids is 3. The van der Waals surface area contributed by atoms with Crippen molar-refractivity contribution >= 4 is 29.1 Å². The lowest BCUT2D eigenvalue weighted by atomic mass is 10.1. The van der Waals surface area contributed by atoms with E-state index in [1.54, 1.807) is 0 Å². The van der Waals surface area contributed by atoms with Crippen molar-refractivity contribution in [1.29, 1.82) is 0 Å². The third-order valence-corrected chi connectivity index (χ3v) is 4.33. The Morgan fingerprint density at radius 2 is 1.30 bits per heavy atom. The Morgan fingerprint density at radius 1 is 0.697 bits per heavy atom. The summed E-state index contributed by atoms with van der Waals surface area (Å²) in [5, 5.41) is 21.4. The maximum absolute atomic E-state index is 12.2. The van der Waals surface area contributed by atoms with E-state index in [9.17, 15) is 34.6 Å². The number of nitrogens with zero attached hydrogens (tertiary/aromatic N) is 2. The van der Waals surface area contributed by atoms with E-state index in [-0.39, 0.29) is 33.8 Å². The summed E-state index contributed by atoms with van der Waals surface area (Å²) < 4.78 is 10.1. The van der Waals surface area contributed by atoms with Crippen LogP contribution in [0.15, 0.2) is 72.8 Å². The molecule has 11 heteroatoms. The predicted molar refractivity (Wildman–Crippen MR) is 112 cm³/mol. The molecule has 0 aromatic heterocycles. The summed E-state index contributed by atoms with van der Waals surface area (Å²) in [6, 6.07) is 15.2. The van der Waals surface area contributed by atoms with Gasteiger partial charge in [0.1, 0.15) is 5.75 Å². The highest BCUT2D eigenvalue weighted by molar-refractivity contribution is 5.99. The minimum Gasteiger partial charge on any atom is -0.454 e. The highest BCUT2D eigenvalue weighted by Crippen LogP contribution is 2.18. The van der Waals surface area contributed by atoms with Gasteiger partial charge in [0.25, 0.3) is 11.4 Å². The molecule has 0 aliphatic heterocycles. The van der Waals surface area contributed by atoms with Gasteiger partial charge in [0.2, 0.25) is 0 Å². The number of nitro groups is 2. The Hall–Kier alpha value is -4.93. The van der Waals surface area contributed by atoms with Crippen LogP contribution in [0.3, 0.4) is 0 Å². The van der Waals surface area contributed by atoms with E-state index in [1.807, 2.05) is 0 Å². The lowest BCUT2D eigenvalue weighted by Gasteiger charge is -2.07. The van der Waals surface area contributed by atoms with Crippen molar-refractivity contribution in [2.75, 3.05) is 6.61 Å². The van der Waals surface area contributed by atoms with Crippen LogP contribution < -0.4 is 4.74 Å². The van der Waals surface area contributed by atoms with Crippen molar-refractivity contribution in [2.24, 2.45) is 0 Å². The molecule has 0 amide bonds. The maximum atomic E-state index is 12.2. The number of nitro benzene ring substituents is 2. The third kappa shape index (κ3) is 5.82. The number of ether oxygens (including phenoxy) is 2. The molecule has 0 bridgehead atoms. The van der Waals surface area contributed by atoms with Crippen LogP contribution in [0.25, 0.3) is 0 Å². The van der Waals surface area contributed by atoms with Crippen LogP contribution in [-0.2, 0) is 4.74 Å². The second-order valence-corrected chi connectivity index (χ2v) is 6.52. The van der Waals surface area contributed by atoms with Gasteiger partial charge in [0.15, 0.2) is 12.4 Å². The van der Waals surface area contributed by atoms with Gasteiger partial charge in [-0.05, 0) is 42.5 Å². The van der Waals surface area contributed by atoms with E-state index in [0.29, 0.717) is 0 Å². The summed E-state index contributed by atoms with van der Waals surface area (Å²) in [6.07, 6.45) is 0. The molecule has 33 heavy (non-hydrogen) atoms. The molecule has 0 spiro atoms. The second-order valence-electron chi connectivity index (χ2n) is 6.52. The highest BCUT2D eigenvalue weighted by Gasteiger charge is 2.16. The van der Waals surface area contributed by atoms with Crippen LogP contribution in [0.1, 0.15) is 31.1 Å². The van der Waals surface area contributed by atoms with E-state index in [1.165, 1.54) is 66.7 Å². The van der Waals surface area contributed by atoms with Crippen LogP contribution >= 0.6 is 0 Å². The van der Waals surface area contributed by atoms with Gasteiger partial charge in [0.05, 0.1) is 21.0 Å². The fraction of sp³-hybridized carbons (Fsp3) is 0.0455. The summed E-state index contributed by atoms with van der Waals surface area (Å²) in [6.45, 7) is -0.594. The van der Waals surface area contributed by atoms with Gasteiger partial charge in [-0.1, -0.05) is 6.07 Å². The number of benzene rings is 3. The molecule has 166 valence electrons. The second kappa shape index (κ2) is 9.92. The molecule has 0 saturated carbocycles. The molecule has 11 nitrogen and oxygen atoms in total. The molecule has 0 saturated heterocycles. The first kappa shape index (κ1) is 22.7. The zero-order chi connectivity index (χ0) is 24.0. The summed E-state index contributed by atoms with van der Waals surface area (Å²) in [7, 11) is 0. The fourth-order valence-electron chi connectivity index (χ4n) is 2.64. The van der Waals surface area contributed by atoms with Gasteiger partial charge >= 0.3 is 11.9 Å². The average Bonchev–Trinajstić information content (AvgIpc) is 2.82. The molecule has 0 radical (unpaired) electrons. The fourth-order valence-corrected chi connectivity index (χ4v) is 2.64. The molecule has 3 rings (SSSR count). The molecule has 0 atom stereocenters. The number of hydrogen-bond acceptors (Lipinski definition) is 9. The summed E-state index contributed by atoms with van der Waals surface area (Å²) in [5.41, 5.74) is -0.230. The number of carbonyl (C=O) groups is 3. The van der Waals surface area contributed by atoms with E-state index < -0.39 is 34.2 Å². The minimum absolute atomic E-state index is 0.0643. The molecule has 3 aromatic carbocycles. The van der Waals surface area contributed by atoms with E-state index in [2.05, 4.69) is 0 Å². The summed E-state index contributed by atoms with van der Waals surface area (Å²) in [5.74, 6) is -2.04. The number of rotatable bonds is 8. The SMILES string of the molecule is O=C(COC(=O)c1cccc([N+](=O)[O-])c1)c1ccc(OC(=O)c2ccc([N+](=O)[O-])cc2)cc1. The molecule has 3 aromatic rings. The minimum atomic E-state index is -0.888. The molecule has 0 fully saturated rings. The van der Waals surface area contributed by atoms with Crippen molar-refractivity contribution in [3.8, 4) is 5.75 Å². The van der Waals surface area contributed by atoms with Crippen LogP contribution in [0.4, 0.5) is 11.4 Å². The van der Waals surface area contributed by atoms with Gasteiger partial charge in [-0.2, -0.15) is 0 Å². The van der Waals surface area contributed by atoms with E-state index in [4.69, 9.17) is 9.47 Å². The lowest BCUT2D eigenvalue weighted by molar-refractivity contribution is -0.385. The topological polar surface area (TPSA) is 156 Å². The molecule has 0 aliphatic carbocycles. The van der Waals surface area contributed by atoms with Gasteiger partial charge in [0, 0.05) is 29.8 Å². The largest absolute Gasteiger partial charge is 0.454 e. The number of esters is 2. The van der Waals surface area contributed by atoms with Gasteiger partial charge in [-0.25, -0.2) is 9.59 Å². The van der Waals surface area contributed by atoms with Crippen molar-refractivity contribution in [3.63, 3.8) is 0 Å². The molecule has 0 aliphatic rings. The Bertz CT molecular complexity index is 1240. The summed E-state index contributed by atoms with van der Waals surface area (Å²) in [4.78, 5) is 56.6. The lowest BCUT2D eigenvalue weighted by Crippen LogP contribution is -2.14. The van der Waals surface area contributed by atoms with E-state index in [0.717, 1.165) is 6.07 Å². The Kier molecular flexibility index (Phi) is 6.84. The first-order chi connectivity index (χ1) is 15.7. The van der Waals surface area contributed by atoms with Crippen LogP contribution in [0.5, 0.6) is 5.75 Å². The van der Waals surface area contributed by atoms with Crippen molar-refractivity contribution < 1.29 is 33.7 Å². The standard InChI is InChI=1S/C22H14N2O9/c25-20(13-32-21(26)16-2-1-3-18(12-16)24(30)31)14-6-10-19(11-7-14)33-22(27)15-4-8-17(9-5-15)23(28)29/h1-12H,13H2. The smallest absolute Gasteiger partial charge is 0.343 e. The van der Waals surface area contributed by atoms with Gasteiger partial charge in [-0.3, -0.25) is 25.0 Å². The molecule has 0 heterocycles. The van der Waals surface area contributed by atoms with Crippen LogP contribution in [-0.4, -0.2) is 34.2 Å². The third-order valence-electron chi connectivity index (χ3n) is 4.33. The zero-order valence-corrected chi connectivity index (χ0v) is 16.7. The Balaban J connectivity index is 1.57. The Morgan fingerprint density at radius 3 is 1.91 bits per heavy atom. The summed E-state index contributed by atoms with van der Waals surface area (Å²) >= 11 is 0. The maximum Gasteiger partial charge on any atom is 0.343 e. The average molecular weight is 450 g/mol. The van der Waals surface area contributed by atoms with E-state index >= 15 is 0 Å². The first-order valence-corrected chi connectivity index (χ1v) is 9.26. The van der Waals surface area contributed by atoms with Crippen molar-refractivity contribution in [3.05, 3.63) is 110 Å². The number of Topliss-reactive ketones (excluding diaryl/α,β-unsaturated/α-hetero) is 1. The molecule has 0 unspecified atom stereocenters. The normalized spacial score (nSPS) is 10.2.